The maximum atomic E-state index is 12.3. The summed E-state index contributed by atoms with van der Waals surface area (Å²) in [6.45, 7) is 2.07. The topological polar surface area (TPSA) is 42.0 Å². The molecule has 0 saturated heterocycles. The number of aromatic nitrogens is 1. The van der Waals surface area contributed by atoms with Gasteiger partial charge in [-0.2, -0.15) is 0 Å². The van der Waals surface area contributed by atoms with Crippen molar-refractivity contribution in [3.05, 3.63) is 65.5 Å². The molecule has 1 amide bonds. The highest BCUT2D eigenvalue weighted by atomic mass is 16.1. The fourth-order valence-electron chi connectivity index (χ4n) is 3.01. The number of aryl methyl sites for hydroxylation is 2. The Morgan fingerprint density at radius 2 is 2.00 bits per heavy atom. The highest BCUT2D eigenvalue weighted by Crippen LogP contribution is 2.41. The lowest BCUT2D eigenvalue weighted by Crippen LogP contribution is -2.30. The third kappa shape index (κ3) is 4.41. The maximum absolute atomic E-state index is 12.3. The van der Waals surface area contributed by atoms with Crippen molar-refractivity contribution in [1.29, 1.82) is 0 Å². The van der Waals surface area contributed by atoms with Crippen LogP contribution in [-0.2, 0) is 11.2 Å². The molecule has 0 unspecified atom stereocenters. The van der Waals surface area contributed by atoms with Crippen molar-refractivity contribution in [2.24, 2.45) is 5.92 Å². The first-order valence-electron chi connectivity index (χ1n) is 8.49. The molecule has 0 radical (unpaired) electrons. The molecule has 3 rings (SSSR count). The van der Waals surface area contributed by atoms with Crippen LogP contribution in [0.4, 0.5) is 0 Å². The van der Waals surface area contributed by atoms with Gasteiger partial charge >= 0.3 is 0 Å². The van der Waals surface area contributed by atoms with Gasteiger partial charge in [-0.25, -0.2) is 0 Å². The van der Waals surface area contributed by atoms with E-state index in [4.69, 9.17) is 0 Å². The van der Waals surface area contributed by atoms with Gasteiger partial charge in [0.1, 0.15) is 0 Å². The van der Waals surface area contributed by atoms with Gasteiger partial charge in [-0.05, 0) is 55.7 Å². The largest absolute Gasteiger partial charge is 0.347 e. The van der Waals surface area contributed by atoms with Gasteiger partial charge in [0.2, 0.25) is 5.91 Å². The van der Waals surface area contributed by atoms with Crippen LogP contribution in [-0.4, -0.2) is 10.9 Å². The molecular formula is C20H24N2O. The summed E-state index contributed by atoms with van der Waals surface area (Å²) in [5.74, 6) is 0.699. The summed E-state index contributed by atoms with van der Waals surface area (Å²) < 4.78 is 0. The molecule has 3 nitrogen and oxygen atoms in total. The number of carbonyl (C=O) groups is 1. The van der Waals surface area contributed by atoms with E-state index in [1.165, 1.54) is 18.4 Å². The van der Waals surface area contributed by atoms with Crippen molar-refractivity contribution in [3.8, 4) is 0 Å². The smallest absolute Gasteiger partial charge is 0.220 e. The van der Waals surface area contributed by atoms with Gasteiger partial charge in [0.15, 0.2) is 0 Å². The van der Waals surface area contributed by atoms with Crippen LogP contribution in [0.1, 0.15) is 48.5 Å². The standard InChI is InChI=1S/C20H24N2O/c1-15-7-6-14-21-19(15)20(17-12-13-17)22-18(23)11-5-10-16-8-3-2-4-9-16/h2-4,6-9,14,17,20H,5,10-13H2,1H3,(H,22,23)/t20-/m1/s1. The molecule has 0 bridgehead atoms. The molecule has 1 N–H and O–H groups in total. The van der Waals surface area contributed by atoms with Gasteiger partial charge in [-0.15, -0.1) is 0 Å². The summed E-state index contributed by atoms with van der Waals surface area (Å²) in [6, 6.07) is 14.4. The van der Waals surface area contributed by atoms with Crippen LogP contribution >= 0.6 is 0 Å². The van der Waals surface area contributed by atoms with Crippen LogP contribution in [0.15, 0.2) is 48.7 Å². The summed E-state index contributed by atoms with van der Waals surface area (Å²) in [5.41, 5.74) is 3.49. The Morgan fingerprint density at radius 3 is 2.70 bits per heavy atom. The molecule has 1 aliphatic carbocycles. The van der Waals surface area contributed by atoms with Crippen LogP contribution in [0.5, 0.6) is 0 Å². The van der Waals surface area contributed by atoms with Gasteiger partial charge in [-0.3, -0.25) is 9.78 Å². The number of hydrogen-bond donors (Lipinski definition) is 1. The molecule has 1 atom stereocenters. The minimum Gasteiger partial charge on any atom is -0.347 e. The van der Waals surface area contributed by atoms with E-state index < -0.39 is 0 Å². The molecular weight excluding hydrogens is 284 g/mol. The molecule has 1 heterocycles. The predicted molar refractivity (Wildman–Crippen MR) is 92.0 cm³/mol. The molecule has 1 fully saturated rings. The summed E-state index contributed by atoms with van der Waals surface area (Å²) in [5, 5.41) is 3.22. The molecule has 1 saturated carbocycles. The van der Waals surface area contributed by atoms with E-state index in [9.17, 15) is 4.79 Å². The van der Waals surface area contributed by atoms with Gasteiger partial charge in [-0.1, -0.05) is 36.4 Å². The summed E-state index contributed by atoms with van der Waals surface area (Å²) in [6.07, 6.45) is 6.60. The SMILES string of the molecule is Cc1cccnc1[C@H](NC(=O)CCCc1ccccc1)C1CC1. The Balaban J connectivity index is 1.54. The number of pyridine rings is 1. The second kappa shape index (κ2) is 7.40. The second-order valence-corrected chi connectivity index (χ2v) is 6.43. The third-order valence-electron chi connectivity index (χ3n) is 4.47. The quantitative estimate of drug-likeness (QED) is 0.840. The lowest BCUT2D eigenvalue weighted by Gasteiger charge is -2.19. The number of hydrogen-bond acceptors (Lipinski definition) is 2. The normalized spacial score (nSPS) is 15.2. The van der Waals surface area contributed by atoms with Gasteiger partial charge in [0.05, 0.1) is 11.7 Å². The first-order valence-corrected chi connectivity index (χ1v) is 8.49. The number of nitrogens with one attached hydrogen (secondary N) is 1. The van der Waals surface area contributed by atoms with E-state index in [-0.39, 0.29) is 11.9 Å². The van der Waals surface area contributed by atoms with Gasteiger partial charge in [0, 0.05) is 12.6 Å². The molecule has 1 aromatic carbocycles. The lowest BCUT2D eigenvalue weighted by molar-refractivity contribution is -0.122. The van der Waals surface area contributed by atoms with Gasteiger partial charge < -0.3 is 5.32 Å². The van der Waals surface area contributed by atoms with E-state index >= 15 is 0 Å². The molecule has 0 aliphatic heterocycles. The van der Waals surface area contributed by atoms with E-state index in [1.807, 2.05) is 30.5 Å². The van der Waals surface area contributed by atoms with Crippen molar-refractivity contribution in [3.63, 3.8) is 0 Å². The van der Waals surface area contributed by atoms with E-state index in [0.29, 0.717) is 12.3 Å². The number of amides is 1. The van der Waals surface area contributed by atoms with E-state index in [1.54, 1.807) is 0 Å². The average molecular weight is 308 g/mol. The molecule has 1 aliphatic rings. The van der Waals surface area contributed by atoms with Crippen LogP contribution in [0.25, 0.3) is 0 Å². The molecule has 120 valence electrons. The van der Waals surface area contributed by atoms with Crippen LogP contribution in [0.3, 0.4) is 0 Å². The fourth-order valence-corrected chi connectivity index (χ4v) is 3.01. The number of nitrogens with zero attached hydrogens (tertiary/aromatic N) is 1. The van der Waals surface area contributed by atoms with Crippen molar-refractivity contribution in [1.82, 2.24) is 10.3 Å². The van der Waals surface area contributed by atoms with Crippen LogP contribution < -0.4 is 5.32 Å². The average Bonchev–Trinajstić information content (AvgIpc) is 3.39. The summed E-state index contributed by atoms with van der Waals surface area (Å²) >= 11 is 0. The predicted octanol–water partition coefficient (Wildman–Crippen LogP) is 3.98. The number of carbonyl (C=O) groups excluding carboxylic acids is 1. The van der Waals surface area contributed by atoms with E-state index in [0.717, 1.165) is 24.1 Å². The molecule has 2 aromatic rings. The Labute approximate surface area is 138 Å². The van der Waals surface area contributed by atoms with Crippen molar-refractivity contribution in [2.45, 2.75) is 45.1 Å². The molecule has 1 aromatic heterocycles. The highest BCUT2D eigenvalue weighted by Gasteiger charge is 2.34. The Kier molecular flexibility index (Phi) is 5.06. The third-order valence-corrected chi connectivity index (χ3v) is 4.47. The zero-order chi connectivity index (χ0) is 16.1. The molecule has 0 spiro atoms. The Hall–Kier alpha value is -2.16. The summed E-state index contributed by atoms with van der Waals surface area (Å²) in [4.78, 5) is 16.8. The van der Waals surface area contributed by atoms with Crippen LogP contribution in [0.2, 0.25) is 0 Å². The van der Waals surface area contributed by atoms with Crippen molar-refractivity contribution in [2.75, 3.05) is 0 Å². The number of rotatable bonds is 7. The second-order valence-electron chi connectivity index (χ2n) is 6.43. The molecule has 3 heteroatoms. The van der Waals surface area contributed by atoms with Gasteiger partial charge in [0.25, 0.3) is 0 Å². The monoisotopic (exact) mass is 308 g/mol. The molecule has 23 heavy (non-hydrogen) atoms. The zero-order valence-electron chi connectivity index (χ0n) is 13.7. The van der Waals surface area contributed by atoms with Crippen LogP contribution in [0, 0.1) is 12.8 Å². The Bertz CT molecular complexity index is 650. The highest BCUT2D eigenvalue weighted by molar-refractivity contribution is 5.76. The lowest BCUT2D eigenvalue weighted by atomic mass is 10.0. The van der Waals surface area contributed by atoms with E-state index in [2.05, 4.69) is 35.4 Å². The Morgan fingerprint density at radius 1 is 1.22 bits per heavy atom. The first kappa shape index (κ1) is 15.7. The van der Waals surface area contributed by atoms with Crippen molar-refractivity contribution < 1.29 is 4.79 Å². The van der Waals surface area contributed by atoms with Crippen molar-refractivity contribution >= 4 is 5.91 Å². The summed E-state index contributed by atoms with van der Waals surface area (Å²) in [7, 11) is 0. The number of benzene rings is 1. The minimum atomic E-state index is 0.0837. The maximum Gasteiger partial charge on any atom is 0.220 e. The zero-order valence-corrected chi connectivity index (χ0v) is 13.7. The first-order chi connectivity index (χ1) is 11.2. The minimum absolute atomic E-state index is 0.0837. The fraction of sp³-hybridized carbons (Fsp3) is 0.400.